The van der Waals surface area contributed by atoms with E-state index in [9.17, 15) is 0 Å². The highest BCUT2D eigenvalue weighted by molar-refractivity contribution is 7.13. The third-order valence-electron chi connectivity index (χ3n) is 3.40. The van der Waals surface area contributed by atoms with Gasteiger partial charge in [-0.15, -0.1) is 17.3 Å². The SMILES string of the molecule is CCCCCC#CCN1CCN(c2nccs2)CC1. The van der Waals surface area contributed by atoms with Gasteiger partial charge in [-0.05, 0) is 6.42 Å². The minimum Gasteiger partial charge on any atom is -0.346 e. The van der Waals surface area contributed by atoms with Gasteiger partial charge in [-0.2, -0.15) is 0 Å². The third kappa shape index (κ3) is 4.85. The average molecular weight is 277 g/mol. The molecule has 0 atom stereocenters. The zero-order chi connectivity index (χ0) is 13.3. The molecule has 2 rings (SSSR count). The molecule has 1 aliphatic heterocycles. The number of aromatic nitrogens is 1. The predicted octanol–water partition coefficient (Wildman–Crippen LogP) is 2.85. The van der Waals surface area contributed by atoms with Gasteiger partial charge < -0.3 is 4.90 Å². The number of piperazine rings is 1. The van der Waals surface area contributed by atoms with Gasteiger partial charge >= 0.3 is 0 Å². The minimum absolute atomic E-state index is 0.928. The number of thiazole rings is 1. The number of nitrogens with zero attached hydrogens (tertiary/aromatic N) is 3. The van der Waals surface area contributed by atoms with Crippen LogP contribution in [-0.4, -0.2) is 42.6 Å². The van der Waals surface area contributed by atoms with Crippen LogP contribution in [0.1, 0.15) is 32.6 Å². The van der Waals surface area contributed by atoms with Gasteiger partial charge in [0, 0.05) is 44.2 Å². The van der Waals surface area contributed by atoms with E-state index in [1.165, 1.54) is 19.3 Å². The monoisotopic (exact) mass is 277 g/mol. The van der Waals surface area contributed by atoms with E-state index in [-0.39, 0.29) is 0 Å². The van der Waals surface area contributed by atoms with Gasteiger partial charge in [-0.25, -0.2) is 4.98 Å². The van der Waals surface area contributed by atoms with E-state index < -0.39 is 0 Å². The predicted molar refractivity (Wildman–Crippen MR) is 82.7 cm³/mol. The molecule has 1 fully saturated rings. The van der Waals surface area contributed by atoms with E-state index in [2.05, 4.69) is 33.5 Å². The van der Waals surface area contributed by atoms with Crippen LogP contribution in [0.2, 0.25) is 0 Å². The smallest absolute Gasteiger partial charge is 0.185 e. The highest BCUT2D eigenvalue weighted by Crippen LogP contribution is 2.18. The molecule has 0 bridgehead atoms. The van der Waals surface area contributed by atoms with Crippen LogP contribution in [0.4, 0.5) is 5.13 Å². The summed E-state index contributed by atoms with van der Waals surface area (Å²) in [4.78, 5) is 9.18. The maximum absolute atomic E-state index is 4.37. The summed E-state index contributed by atoms with van der Waals surface area (Å²) in [6.07, 6.45) is 6.78. The fourth-order valence-corrected chi connectivity index (χ4v) is 2.89. The lowest BCUT2D eigenvalue weighted by molar-refractivity contribution is 0.288. The first kappa shape index (κ1) is 14.4. The Morgan fingerprint density at radius 2 is 2.05 bits per heavy atom. The Bertz CT molecular complexity index is 397. The molecule has 4 heteroatoms. The molecule has 0 saturated carbocycles. The Hall–Kier alpha value is -1.05. The second kappa shape index (κ2) is 8.19. The summed E-state index contributed by atoms with van der Waals surface area (Å²) < 4.78 is 0. The first-order valence-electron chi connectivity index (χ1n) is 7.22. The lowest BCUT2D eigenvalue weighted by atomic mass is 10.2. The van der Waals surface area contributed by atoms with Gasteiger partial charge in [0.15, 0.2) is 5.13 Å². The topological polar surface area (TPSA) is 19.4 Å². The van der Waals surface area contributed by atoms with Crippen molar-refractivity contribution in [3.63, 3.8) is 0 Å². The zero-order valence-corrected chi connectivity index (χ0v) is 12.6. The Morgan fingerprint density at radius 3 is 2.74 bits per heavy atom. The molecule has 1 saturated heterocycles. The summed E-state index contributed by atoms with van der Waals surface area (Å²) in [6.45, 7) is 7.51. The summed E-state index contributed by atoms with van der Waals surface area (Å²) in [5, 5.41) is 3.20. The molecule has 0 spiro atoms. The third-order valence-corrected chi connectivity index (χ3v) is 4.23. The van der Waals surface area contributed by atoms with Gasteiger partial charge in [0.05, 0.1) is 6.54 Å². The van der Waals surface area contributed by atoms with Crippen molar-refractivity contribution < 1.29 is 0 Å². The first-order chi connectivity index (χ1) is 9.40. The zero-order valence-electron chi connectivity index (χ0n) is 11.8. The second-order valence-electron chi connectivity index (χ2n) is 4.89. The van der Waals surface area contributed by atoms with E-state index in [1.807, 2.05) is 11.6 Å². The first-order valence-corrected chi connectivity index (χ1v) is 8.10. The van der Waals surface area contributed by atoms with Gasteiger partial charge in [-0.1, -0.05) is 25.7 Å². The van der Waals surface area contributed by atoms with Crippen molar-refractivity contribution in [2.24, 2.45) is 0 Å². The Kier molecular flexibility index (Phi) is 6.19. The van der Waals surface area contributed by atoms with Crippen molar-refractivity contribution in [2.75, 3.05) is 37.6 Å². The van der Waals surface area contributed by atoms with E-state index in [4.69, 9.17) is 0 Å². The molecule has 104 valence electrons. The Labute approximate surface area is 120 Å². The maximum Gasteiger partial charge on any atom is 0.185 e. The van der Waals surface area contributed by atoms with Gasteiger partial charge in [0.2, 0.25) is 0 Å². The summed E-state index contributed by atoms with van der Waals surface area (Å²) in [6, 6.07) is 0. The fraction of sp³-hybridized carbons (Fsp3) is 0.667. The van der Waals surface area contributed by atoms with Crippen molar-refractivity contribution in [3.8, 4) is 11.8 Å². The van der Waals surface area contributed by atoms with Crippen molar-refractivity contribution >= 4 is 16.5 Å². The largest absolute Gasteiger partial charge is 0.346 e. The highest BCUT2D eigenvalue weighted by atomic mass is 32.1. The average Bonchev–Trinajstić information content (AvgIpc) is 2.97. The molecule has 1 aromatic heterocycles. The summed E-state index contributed by atoms with van der Waals surface area (Å²) >= 11 is 1.73. The van der Waals surface area contributed by atoms with Gasteiger partial charge in [0.25, 0.3) is 0 Å². The molecule has 1 aliphatic rings. The summed E-state index contributed by atoms with van der Waals surface area (Å²) in [5.41, 5.74) is 0. The molecule has 0 radical (unpaired) electrons. The van der Waals surface area contributed by atoms with E-state index >= 15 is 0 Å². The lowest BCUT2D eigenvalue weighted by Crippen LogP contribution is -2.46. The lowest BCUT2D eigenvalue weighted by Gasteiger charge is -2.33. The molecule has 0 aromatic carbocycles. The van der Waals surface area contributed by atoms with E-state index in [1.54, 1.807) is 11.3 Å². The van der Waals surface area contributed by atoms with Crippen molar-refractivity contribution in [3.05, 3.63) is 11.6 Å². The molecule has 1 aromatic rings. The van der Waals surface area contributed by atoms with Crippen LogP contribution in [0.15, 0.2) is 11.6 Å². The second-order valence-corrected chi connectivity index (χ2v) is 5.76. The van der Waals surface area contributed by atoms with Crippen LogP contribution in [0, 0.1) is 11.8 Å². The highest BCUT2D eigenvalue weighted by Gasteiger charge is 2.17. The van der Waals surface area contributed by atoms with Crippen LogP contribution < -0.4 is 4.90 Å². The number of hydrogen-bond acceptors (Lipinski definition) is 4. The maximum atomic E-state index is 4.37. The van der Waals surface area contributed by atoms with Crippen molar-refractivity contribution in [1.29, 1.82) is 0 Å². The molecular formula is C15H23N3S. The molecule has 19 heavy (non-hydrogen) atoms. The van der Waals surface area contributed by atoms with Crippen LogP contribution in [0.25, 0.3) is 0 Å². The number of anilines is 1. The standard InChI is InChI=1S/C15H23N3S/c1-2-3-4-5-6-7-9-17-10-12-18(13-11-17)15-16-8-14-19-15/h8,14H,2-5,9-13H2,1H3. The molecule has 3 nitrogen and oxygen atoms in total. The number of unbranched alkanes of at least 4 members (excludes halogenated alkanes) is 3. The van der Waals surface area contributed by atoms with E-state index in [0.29, 0.717) is 0 Å². The molecule has 0 unspecified atom stereocenters. The van der Waals surface area contributed by atoms with Crippen LogP contribution in [0.5, 0.6) is 0 Å². The number of hydrogen-bond donors (Lipinski definition) is 0. The molecule has 0 amide bonds. The van der Waals surface area contributed by atoms with E-state index in [0.717, 1.165) is 44.3 Å². The Morgan fingerprint density at radius 1 is 1.21 bits per heavy atom. The van der Waals surface area contributed by atoms with Crippen molar-refractivity contribution in [2.45, 2.75) is 32.6 Å². The summed E-state index contributed by atoms with van der Waals surface area (Å²) in [5.74, 6) is 6.60. The normalized spacial score (nSPS) is 16.2. The Balaban J connectivity index is 1.63. The number of rotatable bonds is 5. The quantitative estimate of drug-likeness (QED) is 0.609. The van der Waals surface area contributed by atoms with Crippen LogP contribution >= 0.6 is 11.3 Å². The molecule has 2 heterocycles. The van der Waals surface area contributed by atoms with Gasteiger partial charge in [0.1, 0.15) is 0 Å². The molecule has 0 aliphatic carbocycles. The molecule has 0 N–H and O–H groups in total. The van der Waals surface area contributed by atoms with Crippen molar-refractivity contribution in [1.82, 2.24) is 9.88 Å². The minimum atomic E-state index is 0.928. The fourth-order valence-electron chi connectivity index (χ4n) is 2.19. The van der Waals surface area contributed by atoms with Crippen LogP contribution in [-0.2, 0) is 0 Å². The summed E-state index contributed by atoms with van der Waals surface area (Å²) in [7, 11) is 0. The molecular weight excluding hydrogens is 254 g/mol. The van der Waals surface area contributed by atoms with Crippen LogP contribution in [0.3, 0.4) is 0 Å². The van der Waals surface area contributed by atoms with Gasteiger partial charge in [-0.3, -0.25) is 4.90 Å².